The summed E-state index contributed by atoms with van der Waals surface area (Å²) in [6, 6.07) is 8.00. The molecule has 0 amide bonds. The number of unbranched alkanes of at least 4 members (excludes halogenated alkanes) is 2. The molecule has 0 aliphatic carbocycles. The smallest absolute Gasteiger partial charge is 0.416 e. The van der Waals surface area contributed by atoms with E-state index in [1.54, 1.807) is 19.1 Å². The molecule has 1 aromatic heterocycles. The fourth-order valence-corrected chi connectivity index (χ4v) is 2.47. The third-order valence-corrected chi connectivity index (χ3v) is 3.86. The van der Waals surface area contributed by atoms with Crippen LogP contribution >= 0.6 is 0 Å². The minimum atomic E-state index is -4.47. The number of aromatic nitrogens is 2. The number of rotatable bonds is 10. The summed E-state index contributed by atoms with van der Waals surface area (Å²) in [4.78, 5) is 16.6. The van der Waals surface area contributed by atoms with E-state index in [4.69, 9.17) is 9.57 Å². The van der Waals surface area contributed by atoms with Crippen molar-refractivity contribution in [3.8, 4) is 0 Å². The predicted molar refractivity (Wildman–Crippen MR) is 100 cm³/mol. The summed E-state index contributed by atoms with van der Waals surface area (Å²) in [5, 5.41) is 11.7. The van der Waals surface area contributed by atoms with Crippen LogP contribution in [-0.4, -0.2) is 35.1 Å². The lowest BCUT2D eigenvalue weighted by atomic mass is 10.0. The summed E-state index contributed by atoms with van der Waals surface area (Å²) >= 11 is 0. The van der Waals surface area contributed by atoms with Gasteiger partial charge in [-0.3, -0.25) is 4.79 Å². The van der Waals surface area contributed by atoms with Crippen molar-refractivity contribution in [2.75, 3.05) is 13.2 Å². The lowest BCUT2D eigenvalue weighted by molar-refractivity contribution is -0.143. The van der Waals surface area contributed by atoms with E-state index in [2.05, 4.69) is 15.4 Å². The zero-order valence-electron chi connectivity index (χ0n) is 16.0. The second-order valence-electron chi connectivity index (χ2n) is 6.08. The van der Waals surface area contributed by atoms with E-state index in [9.17, 15) is 18.0 Å². The number of hydrogen-bond donors (Lipinski definition) is 0. The largest absolute Gasteiger partial charge is 0.466 e. The predicted octanol–water partition coefficient (Wildman–Crippen LogP) is 4.39. The molecule has 0 radical (unpaired) electrons. The van der Waals surface area contributed by atoms with E-state index in [-0.39, 0.29) is 23.9 Å². The molecule has 0 saturated carbocycles. The molecular formula is C20H22F3N3O3. The second kappa shape index (κ2) is 11.1. The highest BCUT2D eigenvalue weighted by Crippen LogP contribution is 2.30. The quantitative estimate of drug-likeness (QED) is 0.252. The third-order valence-electron chi connectivity index (χ3n) is 3.86. The molecule has 2 aromatic rings. The standard InChI is InChI=1S/C20H22F3N3O3/c1-2-28-18(27)11-4-3-5-13-29-26-19(17-10-7-12-24-25-17)15-8-6-9-16(14-15)20(21,22)23/h6-10,12,14H,2-5,11,13H2,1H3/b26-19+. The molecule has 156 valence electrons. The van der Waals surface area contributed by atoms with Gasteiger partial charge >= 0.3 is 12.1 Å². The Kier molecular flexibility index (Phi) is 8.57. The number of hydrogen-bond acceptors (Lipinski definition) is 6. The third kappa shape index (κ3) is 7.52. The molecule has 29 heavy (non-hydrogen) atoms. The maximum atomic E-state index is 13.0. The number of carbonyl (C=O) groups is 1. The molecule has 0 atom stereocenters. The molecule has 2 rings (SSSR count). The normalized spacial score (nSPS) is 11.9. The van der Waals surface area contributed by atoms with Crippen LogP contribution in [0.3, 0.4) is 0 Å². The van der Waals surface area contributed by atoms with Crippen LogP contribution in [0.1, 0.15) is 49.4 Å². The number of carbonyl (C=O) groups excluding carboxylic acids is 1. The van der Waals surface area contributed by atoms with E-state index in [0.717, 1.165) is 18.6 Å². The summed E-state index contributed by atoms with van der Waals surface area (Å²) in [6.07, 6.45) is -0.638. The first kappa shape index (κ1) is 22.3. The number of alkyl halides is 3. The van der Waals surface area contributed by atoms with Gasteiger partial charge in [0.15, 0.2) is 0 Å². The van der Waals surface area contributed by atoms with Crippen LogP contribution in [0.5, 0.6) is 0 Å². The average Bonchev–Trinajstić information content (AvgIpc) is 2.70. The van der Waals surface area contributed by atoms with Gasteiger partial charge in [0.25, 0.3) is 0 Å². The van der Waals surface area contributed by atoms with E-state index < -0.39 is 11.7 Å². The number of halogens is 3. The Morgan fingerprint density at radius 3 is 2.66 bits per heavy atom. The molecular weight excluding hydrogens is 387 g/mol. The Bertz CT molecular complexity index is 811. The minimum Gasteiger partial charge on any atom is -0.466 e. The highest BCUT2D eigenvalue weighted by Gasteiger charge is 2.31. The monoisotopic (exact) mass is 409 g/mol. The Morgan fingerprint density at radius 2 is 1.97 bits per heavy atom. The van der Waals surface area contributed by atoms with E-state index in [1.165, 1.54) is 18.3 Å². The van der Waals surface area contributed by atoms with Crippen molar-refractivity contribution >= 4 is 11.7 Å². The van der Waals surface area contributed by atoms with Gasteiger partial charge in [-0.1, -0.05) is 17.3 Å². The molecule has 0 aliphatic heterocycles. The summed E-state index contributed by atoms with van der Waals surface area (Å²) < 4.78 is 43.9. The van der Waals surface area contributed by atoms with Gasteiger partial charge in [-0.25, -0.2) is 0 Å². The van der Waals surface area contributed by atoms with Crippen LogP contribution < -0.4 is 0 Å². The van der Waals surface area contributed by atoms with E-state index in [0.29, 0.717) is 31.6 Å². The summed E-state index contributed by atoms with van der Waals surface area (Å²) in [5.74, 6) is -0.235. The van der Waals surface area contributed by atoms with Gasteiger partial charge in [-0.15, -0.1) is 5.10 Å². The van der Waals surface area contributed by atoms with Crippen LogP contribution in [0.15, 0.2) is 47.8 Å². The van der Waals surface area contributed by atoms with Crippen molar-refractivity contribution in [2.24, 2.45) is 5.16 Å². The van der Waals surface area contributed by atoms with Crippen molar-refractivity contribution in [1.29, 1.82) is 0 Å². The van der Waals surface area contributed by atoms with E-state index in [1.807, 2.05) is 0 Å². The highest BCUT2D eigenvalue weighted by atomic mass is 19.4. The molecule has 1 heterocycles. The molecule has 0 aliphatic rings. The molecule has 0 spiro atoms. The first-order chi connectivity index (χ1) is 13.9. The maximum Gasteiger partial charge on any atom is 0.416 e. The van der Waals surface area contributed by atoms with Gasteiger partial charge in [-0.05, 0) is 50.5 Å². The molecule has 0 unspecified atom stereocenters. The second-order valence-corrected chi connectivity index (χ2v) is 6.08. The van der Waals surface area contributed by atoms with Gasteiger partial charge in [0.05, 0.1) is 12.2 Å². The number of esters is 1. The van der Waals surface area contributed by atoms with Gasteiger partial charge in [0.1, 0.15) is 18.0 Å². The van der Waals surface area contributed by atoms with Crippen molar-refractivity contribution in [3.05, 3.63) is 59.4 Å². The Balaban J connectivity index is 2.02. The summed E-state index contributed by atoms with van der Waals surface area (Å²) in [5.41, 5.74) is -0.0990. The van der Waals surface area contributed by atoms with Crippen LogP contribution in [0.2, 0.25) is 0 Å². The first-order valence-corrected chi connectivity index (χ1v) is 9.23. The topological polar surface area (TPSA) is 73.7 Å². The maximum absolute atomic E-state index is 13.0. The molecule has 0 fully saturated rings. The highest BCUT2D eigenvalue weighted by molar-refractivity contribution is 6.11. The van der Waals surface area contributed by atoms with Crippen molar-refractivity contribution in [3.63, 3.8) is 0 Å². The molecule has 0 N–H and O–H groups in total. The van der Waals surface area contributed by atoms with E-state index >= 15 is 0 Å². The molecule has 0 saturated heterocycles. The van der Waals surface area contributed by atoms with Crippen LogP contribution in [0.25, 0.3) is 0 Å². The SMILES string of the molecule is CCOC(=O)CCCCCO/N=C(\c1cccc(C(F)(F)F)c1)c1cccnn1. The Morgan fingerprint density at radius 1 is 1.14 bits per heavy atom. The average molecular weight is 409 g/mol. The van der Waals surface area contributed by atoms with Gasteiger partial charge in [0.2, 0.25) is 0 Å². The van der Waals surface area contributed by atoms with Gasteiger partial charge in [-0.2, -0.15) is 18.3 Å². The Labute approximate surface area is 166 Å². The molecule has 0 bridgehead atoms. The number of oxime groups is 1. The molecule has 9 heteroatoms. The summed E-state index contributed by atoms with van der Waals surface area (Å²) in [6.45, 7) is 2.37. The van der Waals surface area contributed by atoms with Crippen molar-refractivity contribution in [1.82, 2.24) is 10.2 Å². The molecule has 1 aromatic carbocycles. The van der Waals surface area contributed by atoms with Crippen LogP contribution in [-0.2, 0) is 20.5 Å². The van der Waals surface area contributed by atoms with Gasteiger partial charge in [0, 0.05) is 18.2 Å². The number of ether oxygens (including phenoxy) is 1. The zero-order chi connectivity index (χ0) is 21.1. The lowest BCUT2D eigenvalue weighted by Gasteiger charge is -2.10. The zero-order valence-corrected chi connectivity index (χ0v) is 16.0. The summed E-state index contributed by atoms with van der Waals surface area (Å²) in [7, 11) is 0. The fourth-order valence-electron chi connectivity index (χ4n) is 2.47. The molecule has 6 nitrogen and oxygen atoms in total. The van der Waals surface area contributed by atoms with Gasteiger partial charge < -0.3 is 9.57 Å². The number of nitrogens with zero attached hydrogens (tertiary/aromatic N) is 3. The first-order valence-electron chi connectivity index (χ1n) is 9.23. The lowest BCUT2D eigenvalue weighted by Crippen LogP contribution is -2.11. The minimum absolute atomic E-state index is 0.163. The van der Waals surface area contributed by atoms with Crippen LogP contribution in [0.4, 0.5) is 13.2 Å². The van der Waals surface area contributed by atoms with Crippen molar-refractivity contribution in [2.45, 2.75) is 38.8 Å². The Hall–Kier alpha value is -2.97. The van der Waals surface area contributed by atoms with Crippen LogP contribution in [0, 0.1) is 0 Å². The fraction of sp³-hybridized carbons (Fsp3) is 0.400. The van der Waals surface area contributed by atoms with Crippen molar-refractivity contribution < 1.29 is 27.5 Å². The number of benzene rings is 1.